The number of aromatic nitrogens is 1. The Labute approximate surface area is 300 Å². The number of amides is 1. The molecule has 3 aliphatic rings. The maximum absolute atomic E-state index is 13.0. The number of methoxy groups -OCH3 is 1. The Morgan fingerprint density at radius 2 is 1.82 bits per heavy atom. The first-order valence-corrected chi connectivity index (χ1v) is 18.2. The maximum Gasteiger partial charge on any atom is 0.411 e. The Balaban J connectivity index is 1.19. The van der Waals surface area contributed by atoms with Crippen molar-refractivity contribution in [1.82, 2.24) is 9.88 Å². The molecule has 11 heteroatoms. The first kappa shape index (κ1) is 37.9. The molecule has 0 bridgehead atoms. The minimum Gasteiger partial charge on any atom is -0.481 e. The number of fused-ring (bicyclic) bond motifs is 1. The lowest BCUT2D eigenvalue weighted by Gasteiger charge is -2.38. The van der Waals surface area contributed by atoms with E-state index in [4.69, 9.17) is 23.9 Å². The molecule has 1 N–H and O–H groups in total. The van der Waals surface area contributed by atoms with E-state index in [1.165, 1.54) is 12.0 Å². The topological polar surface area (TPSA) is 142 Å². The van der Waals surface area contributed by atoms with Gasteiger partial charge in [-0.1, -0.05) is 56.2 Å². The molecule has 0 spiro atoms. The number of carboxylic acids is 1. The molecule has 2 saturated carbocycles. The summed E-state index contributed by atoms with van der Waals surface area (Å²) in [5.41, 5.74) is 1.22. The fourth-order valence-electron chi connectivity index (χ4n) is 7.50. The smallest absolute Gasteiger partial charge is 0.411 e. The van der Waals surface area contributed by atoms with Gasteiger partial charge in [0.05, 0.1) is 37.1 Å². The summed E-state index contributed by atoms with van der Waals surface area (Å²) >= 11 is 0. The predicted molar refractivity (Wildman–Crippen MR) is 190 cm³/mol. The van der Waals surface area contributed by atoms with Crippen molar-refractivity contribution in [3.8, 4) is 17.7 Å². The molecule has 5 rings (SSSR count). The molecule has 1 saturated heterocycles. The van der Waals surface area contributed by atoms with Gasteiger partial charge < -0.3 is 24.1 Å². The van der Waals surface area contributed by atoms with Crippen LogP contribution in [0.3, 0.4) is 0 Å². The number of pyridine rings is 1. The monoisotopic (exact) mass is 704 g/mol. The number of unbranched alkanes of at least 4 members (excludes halogenated alkanes) is 1. The summed E-state index contributed by atoms with van der Waals surface area (Å²) in [6.07, 6.45) is 6.66. The van der Waals surface area contributed by atoms with Crippen molar-refractivity contribution >= 4 is 34.9 Å². The average Bonchev–Trinajstić information content (AvgIpc) is 3.66. The van der Waals surface area contributed by atoms with E-state index < -0.39 is 47.7 Å². The number of hydrogen-bond acceptors (Lipinski definition) is 9. The van der Waals surface area contributed by atoms with Gasteiger partial charge in [0.25, 0.3) is 0 Å². The second kappa shape index (κ2) is 15.9. The number of hydrogen-bond donors (Lipinski definition) is 1. The molecule has 276 valence electrons. The van der Waals surface area contributed by atoms with Crippen molar-refractivity contribution < 1.29 is 43.2 Å². The molecule has 1 aromatic carbocycles. The number of likely N-dealkylation sites (tertiary alicyclic amines) is 1. The molecule has 11 nitrogen and oxygen atoms in total. The van der Waals surface area contributed by atoms with E-state index in [0.29, 0.717) is 17.9 Å². The fourth-order valence-corrected chi connectivity index (χ4v) is 7.50. The number of esters is 2. The van der Waals surface area contributed by atoms with Crippen LogP contribution < -0.4 is 4.74 Å². The summed E-state index contributed by atoms with van der Waals surface area (Å²) < 4.78 is 22.7. The molecule has 51 heavy (non-hydrogen) atoms. The van der Waals surface area contributed by atoms with Crippen LogP contribution in [0.5, 0.6) is 5.88 Å². The minimum atomic E-state index is -0.913. The van der Waals surface area contributed by atoms with Gasteiger partial charge in [0.1, 0.15) is 23.9 Å². The molecule has 1 aliphatic heterocycles. The largest absolute Gasteiger partial charge is 0.481 e. The van der Waals surface area contributed by atoms with Crippen molar-refractivity contribution in [2.24, 2.45) is 17.3 Å². The van der Waals surface area contributed by atoms with Crippen molar-refractivity contribution in [1.29, 1.82) is 0 Å². The van der Waals surface area contributed by atoms with E-state index in [-0.39, 0.29) is 36.8 Å². The summed E-state index contributed by atoms with van der Waals surface area (Å²) in [6.45, 7) is 9.41. The normalized spacial score (nSPS) is 23.1. The molecule has 0 radical (unpaired) electrons. The minimum absolute atomic E-state index is 0.0761. The van der Waals surface area contributed by atoms with Gasteiger partial charge in [0, 0.05) is 18.2 Å². The third kappa shape index (κ3) is 9.52. The summed E-state index contributed by atoms with van der Waals surface area (Å²) in [7, 11) is 1.29. The van der Waals surface area contributed by atoms with Gasteiger partial charge in [-0.05, 0) is 82.8 Å². The lowest BCUT2D eigenvalue weighted by Crippen LogP contribution is -2.44. The van der Waals surface area contributed by atoms with Crippen LogP contribution in [-0.2, 0) is 28.6 Å². The zero-order chi connectivity index (χ0) is 36.9. The van der Waals surface area contributed by atoms with Crippen molar-refractivity contribution in [3.05, 3.63) is 35.4 Å². The standard InChI is InChI=1S/C40H52N2O9/c1-25-28-16-11-12-18-31(28)41-35(49-27-22-32(37(46)48-6)42(24-27)38(47)51-39(2,3)4)29(25)17-10-7-9-15-26-21-33(26)50-34(43)23-30(36(44)45)40(5)19-13-8-14-20-40/h11-12,16,18,26-27,30,32-33H,7-9,13-15,19-24H2,1-6H3,(H,44,45)/t26-,27-,30-,32+,33-/m1/s1. The molecule has 2 aliphatic carbocycles. The van der Waals surface area contributed by atoms with Crippen LogP contribution in [0.4, 0.5) is 4.79 Å². The van der Waals surface area contributed by atoms with Gasteiger partial charge in [0.2, 0.25) is 5.88 Å². The zero-order valence-electron chi connectivity index (χ0n) is 30.8. The van der Waals surface area contributed by atoms with E-state index in [9.17, 15) is 24.3 Å². The summed E-state index contributed by atoms with van der Waals surface area (Å²) in [6, 6.07) is 6.89. The third-order valence-corrected chi connectivity index (χ3v) is 10.5. The second-order valence-electron chi connectivity index (χ2n) is 15.6. The lowest BCUT2D eigenvalue weighted by atomic mass is 9.66. The molecule has 1 aromatic heterocycles. The number of ether oxygens (including phenoxy) is 4. The van der Waals surface area contributed by atoms with Crippen LogP contribution in [0.25, 0.3) is 10.9 Å². The quantitative estimate of drug-likeness (QED) is 0.113. The van der Waals surface area contributed by atoms with Gasteiger partial charge in [-0.15, -0.1) is 0 Å². The Hall–Kier alpha value is -4.33. The number of benzene rings is 1. The van der Waals surface area contributed by atoms with E-state index in [1.54, 1.807) is 20.8 Å². The molecule has 1 amide bonds. The number of carbonyl (C=O) groups excluding carboxylic acids is 3. The first-order valence-electron chi connectivity index (χ1n) is 18.2. The van der Waals surface area contributed by atoms with Crippen LogP contribution in [0, 0.1) is 36.0 Å². The van der Waals surface area contributed by atoms with Gasteiger partial charge in [-0.25, -0.2) is 14.6 Å². The van der Waals surface area contributed by atoms with Gasteiger partial charge >= 0.3 is 24.0 Å². The molecule has 0 unspecified atom stereocenters. The first-order chi connectivity index (χ1) is 24.2. The predicted octanol–water partition coefficient (Wildman–Crippen LogP) is 6.99. The molecular weight excluding hydrogens is 652 g/mol. The van der Waals surface area contributed by atoms with Gasteiger partial charge in [-0.2, -0.15) is 0 Å². The highest BCUT2D eigenvalue weighted by Gasteiger charge is 2.45. The average molecular weight is 705 g/mol. The second-order valence-corrected chi connectivity index (χ2v) is 15.6. The molecule has 2 heterocycles. The van der Waals surface area contributed by atoms with E-state index in [0.717, 1.165) is 67.8 Å². The summed E-state index contributed by atoms with van der Waals surface area (Å²) in [5.74, 6) is 4.58. The number of aliphatic carboxylic acids is 1. The molecule has 5 atom stereocenters. The third-order valence-electron chi connectivity index (χ3n) is 10.5. The van der Waals surface area contributed by atoms with Crippen LogP contribution in [0.15, 0.2) is 24.3 Å². The number of para-hydroxylation sites is 1. The summed E-state index contributed by atoms with van der Waals surface area (Å²) in [4.78, 5) is 56.6. The molecule has 2 aromatic rings. The van der Waals surface area contributed by atoms with Crippen LogP contribution in [0.1, 0.15) is 109 Å². The Morgan fingerprint density at radius 1 is 1.10 bits per heavy atom. The SMILES string of the molecule is COC(=O)[C@@H]1C[C@@H](Oc2nc3ccccc3c(C)c2C#CCCC[C@@H]2C[C@H]2OC(=O)C[C@H](C(=O)O)C2(C)CCCCC2)CN1C(=O)OC(C)(C)C. The van der Waals surface area contributed by atoms with Gasteiger partial charge in [0.15, 0.2) is 0 Å². The lowest BCUT2D eigenvalue weighted by molar-refractivity contribution is -0.157. The van der Waals surface area contributed by atoms with E-state index >= 15 is 0 Å². The molecular formula is C40H52N2O9. The Bertz CT molecular complexity index is 1680. The van der Waals surface area contributed by atoms with E-state index in [2.05, 4.69) is 11.8 Å². The highest BCUT2D eigenvalue weighted by molar-refractivity contribution is 5.85. The molecule has 3 fully saturated rings. The number of aryl methyl sites for hydroxylation is 1. The van der Waals surface area contributed by atoms with E-state index in [1.807, 2.05) is 38.1 Å². The highest BCUT2D eigenvalue weighted by atomic mass is 16.6. The van der Waals surface area contributed by atoms with Crippen LogP contribution in [-0.4, -0.2) is 76.5 Å². The zero-order valence-corrected chi connectivity index (χ0v) is 30.8. The Kier molecular flexibility index (Phi) is 11.8. The van der Waals surface area contributed by atoms with Crippen LogP contribution in [0.2, 0.25) is 0 Å². The number of carbonyl (C=O) groups is 4. The summed E-state index contributed by atoms with van der Waals surface area (Å²) in [5, 5.41) is 10.8. The Morgan fingerprint density at radius 3 is 2.51 bits per heavy atom. The maximum atomic E-state index is 13.0. The van der Waals surface area contributed by atoms with Crippen LogP contribution >= 0.6 is 0 Å². The van der Waals surface area contributed by atoms with Crippen molar-refractivity contribution in [2.45, 2.75) is 129 Å². The number of carboxylic acid groups (broad SMARTS) is 1. The number of nitrogens with zero attached hydrogens (tertiary/aromatic N) is 2. The number of rotatable bonds is 11. The van der Waals surface area contributed by atoms with Gasteiger partial charge in [-0.3, -0.25) is 14.5 Å². The van der Waals surface area contributed by atoms with Crippen molar-refractivity contribution in [3.63, 3.8) is 0 Å². The van der Waals surface area contributed by atoms with Crippen molar-refractivity contribution in [2.75, 3.05) is 13.7 Å². The fraction of sp³-hybridized carbons (Fsp3) is 0.625. The highest BCUT2D eigenvalue weighted by Crippen LogP contribution is 2.45.